The average Bonchev–Trinajstić information content (AvgIpc) is 2.04. The Morgan fingerprint density at radius 3 is 2.71 bits per heavy atom. The molecule has 0 spiro atoms. The van der Waals surface area contributed by atoms with Gasteiger partial charge in [0.2, 0.25) is 0 Å². The second-order valence-electron chi connectivity index (χ2n) is 3.05. The summed E-state index contributed by atoms with van der Waals surface area (Å²) >= 11 is 0. The van der Waals surface area contributed by atoms with Gasteiger partial charge in [-0.05, 0) is 19.1 Å². The number of hydrogen-bond acceptors (Lipinski definition) is 2. The second-order valence-corrected chi connectivity index (χ2v) is 3.05. The standard InChI is InChI=1S/C10H10O2.CH3.Re/c1-7-6-9(11)8-4-2-3-5-10(8)12-7;;/h2-5,7H,6H2,1H3;1H3;/q;-1;. The Labute approximate surface area is 98.3 Å². The third-order valence-electron chi connectivity index (χ3n) is 1.99. The number of ether oxygens (including phenoxy) is 1. The Kier molecular flexibility index (Phi) is 5.04. The molecule has 1 aliphatic rings. The number of carbonyl (C=O) groups excluding carboxylic acids is 1. The molecule has 1 aliphatic heterocycles. The first-order chi connectivity index (χ1) is 5.77. The molecular weight excluding hydrogens is 350 g/mol. The van der Waals surface area contributed by atoms with Gasteiger partial charge in [-0.1, -0.05) is 12.1 Å². The fraction of sp³-hybridized carbons (Fsp3) is 0.273. The van der Waals surface area contributed by atoms with Gasteiger partial charge in [0.05, 0.1) is 5.56 Å². The van der Waals surface area contributed by atoms with Gasteiger partial charge in [-0.15, -0.1) is 0 Å². The number of rotatable bonds is 0. The van der Waals surface area contributed by atoms with Gasteiger partial charge in [-0.2, -0.15) is 0 Å². The first-order valence-electron chi connectivity index (χ1n) is 4.06. The van der Waals surface area contributed by atoms with Gasteiger partial charge in [0, 0.05) is 26.8 Å². The van der Waals surface area contributed by atoms with Crippen LogP contribution < -0.4 is 4.74 Å². The number of Topliss-reactive ketones (excluding diaryl/α,β-unsaturated/α-hetero) is 1. The van der Waals surface area contributed by atoms with E-state index >= 15 is 0 Å². The second kappa shape index (κ2) is 5.29. The van der Waals surface area contributed by atoms with E-state index in [0.717, 1.165) is 11.3 Å². The Morgan fingerprint density at radius 1 is 1.36 bits per heavy atom. The van der Waals surface area contributed by atoms with Crippen molar-refractivity contribution >= 4 is 5.78 Å². The molecule has 0 N–H and O–H groups in total. The van der Waals surface area contributed by atoms with Crippen LogP contribution in [0.15, 0.2) is 24.3 Å². The van der Waals surface area contributed by atoms with Crippen LogP contribution in [0.1, 0.15) is 23.7 Å². The molecule has 0 aromatic heterocycles. The molecule has 0 aliphatic carbocycles. The molecule has 1 aromatic rings. The SMILES string of the molecule is CC1CC(=O)c2ccccc2O1.[CH3-].[Re]. The van der Waals surface area contributed by atoms with Gasteiger partial charge >= 0.3 is 0 Å². The molecule has 3 heteroatoms. The Morgan fingerprint density at radius 2 is 2.00 bits per heavy atom. The Balaban J connectivity index is 0.000000845. The molecule has 0 saturated heterocycles. The van der Waals surface area contributed by atoms with Gasteiger partial charge in [0.1, 0.15) is 11.9 Å². The van der Waals surface area contributed by atoms with Crippen LogP contribution in [0.2, 0.25) is 0 Å². The van der Waals surface area contributed by atoms with Crippen LogP contribution in [-0.4, -0.2) is 11.9 Å². The molecule has 2 nitrogen and oxygen atoms in total. The van der Waals surface area contributed by atoms with Gasteiger partial charge in [0.15, 0.2) is 5.78 Å². The van der Waals surface area contributed by atoms with E-state index in [0.29, 0.717) is 6.42 Å². The summed E-state index contributed by atoms with van der Waals surface area (Å²) in [6.45, 7) is 1.91. The smallest absolute Gasteiger partial charge is 0.170 e. The molecule has 0 fully saturated rings. The minimum atomic E-state index is 0. The molecule has 0 bridgehead atoms. The largest absolute Gasteiger partial charge is 0.489 e. The van der Waals surface area contributed by atoms with Gasteiger partial charge < -0.3 is 12.2 Å². The van der Waals surface area contributed by atoms with E-state index in [-0.39, 0.29) is 39.7 Å². The van der Waals surface area contributed by atoms with Crippen molar-refractivity contribution in [3.8, 4) is 5.75 Å². The normalized spacial score (nSPS) is 18.4. The summed E-state index contributed by atoms with van der Waals surface area (Å²) in [6, 6.07) is 7.38. The zero-order valence-corrected chi connectivity index (χ0v) is 11.0. The molecule has 0 saturated carbocycles. The van der Waals surface area contributed by atoms with Crippen LogP contribution in [0.3, 0.4) is 0 Å². The molecular formula is C11H13O2Re-. The van der Waals surface area contributed by atoms with Crippen LogP contribution in [0.25, 0.3) is 0 Å². The number of para-hydroxylation sites is 1. The van der Waals surface area contributed by atoms with Crippen molar-refractivity contribution in [2.75, 3.05) is 0 Å². The molecule has 77 valence electrons. The van der Waals surface area contributed by atoms with E-state index in [1.165, 1.54) is 0 Å². The van der Waals surface area contributed by atoms with E-state index in [1.54, 1.807) is 0 Å². The fourth-order valence-corrected chi connectivity index (χ4v) is 1.43. The molecule has 14 heavy (non-hydrogen) atoms. The third-order valence-corrected chi connectivity index (χ3v) is 1.99. The van der Waals surface area contributed by atoms with Crippen LogP contribution in [0, 0.1) is 7.43 Å². The summed E-state index contributed by atoms with van der Waals surface area (Å²) in [5.74, 6) is 0.908. The van der Waals surface area contributed by atoms with E-state index in [1.807, 2.05) is 31.2 Å². The monoisotopic (exact) mass is 364 g/mol. The fourth-order valence-electron chi connectivity index (χ4n) is 1.43. The summed E-state index contributed by atoms with van der Waals surface area (Å²) in [5.41, 5.74) is 0.718. The Bertz CT molecular complexity index is 323. The van der Waals surface area contributed by atoms with Crippen molar-refractivity contribution in [2.45, 2.75) is 19.4 Å². The topological polar surface area (TPSA) is 26.3 Å². The maximum Gasteiger partial charge on any atom is 0.170 e. The minimum Gasteiger partial charge on any atom is -0.489 e. The predicted molar refractivity (Wildman–Crippen MR) is 51.9 cm³/mol. The molecule has 2 rings (SSSR count). The molecule has 1 unspecified atom stereocenters. The third kappa shape index (κ3) is 2.44. The van der Waals surface area contributed by atoms with Crippen molar-refractivity contribution in [1.29, 1.82) is 0 Å². The van der Waals surface area contributed by atoms with E-state index in [2.05, 4.69) is 0 Å². The molecule has 1 aromatic carbocycles. The molecule has 1 heterocycles. The predicted octanol–water partition coefficient (Wildman–Crippen LogP) is 2.49. The maximum atomic E-state index is 11.4. The summed E-state index contributed by atoms with van der Waals surface area (Å²) in [5, 5.41) is 0. The number of ketones is 1. The van der Waals surface area contributed by atoms with E-state index in [9.17, 15) is 4.79 Å². The van der Waals surface area contributed by atoms with Gasteiger partial charge in [-0.25, -0.2) is 0 Å². The molecule has 1 atom stereocenters. The first kappa shape index (κ1) is 13.4. The quantitative estimate of drug-likeness (QED) is 0.662. The number of carbonyl (C=O) groups is 1. The summed E-state index contributed by atoms with van der Waals surface area (Å²) in [4.78, 5) is 11.4. The first-order valence-corrected chi connectivity index (χ1v) is 4.06. The zero-order valence-electron chi connectivity index (χ0n) is 8.29. The number of benzene rings is 1. The van der Waals surface area contributed by atoms with Crippen LogP contribution in [0.4, 0.5) is 0 Å². The van der Waals surface area contributed by atoms with Crippen LogP contribution in [-0.2, 0) is 20.4 Å². The van der Waals surface area contributed by atoms with E-state index in [4.69, 9.17) is 4.74 Å². The average molecular weight is 363 g/mol. The van der Waals surface area contributed by atoms with Crippen molar-refractivity contribution in [3.05, 3.63) is 37.3 Å². The van der Waals surface area contributed by atoms with Crippen molar-refractivity contribution in [3.63, 3.8) is 0 Å². The minimum absolute atomic E-state index is 0. The maximum absolute atomic E-state index is 11.4. The van der Waals surface area contributed by atoms with Crippen LogP contribution in [0.5, 0.6) is 5.75 Å². The summed E-state index contributed by atoms with van der Waals surface area (Å²) in [7, 11) is 0. The van der Waals surface area contributed by atoms with Crippen LogP contribution >= 0.6 is 0 Å². The van der Waals surface area contributed by atoms with Crippen molar-refractivity contribution in [2.24, 2.45) is 0 Å². The molecule has 1 radical (unpaired) electrons. The number of fused-ring (bicyclic) bond motifs is 1. The van der Waals surface area contributed by atoms with Gasteiger partial charge in [0.25, 0.3) is 0 Å². The Hall–Kier alpha value is -0.648. The molecule has 0 amide bonds. The number of hydrogen-bond donors (Lipinski definition) is 0. The van der Waals surface area contributed by atoms with Crippen molar-refractivity contribution in [1.82, 2.24) is 0 Å². The van der Waals surface area contributed by atoms with E-state index < -0.39 is 0 Å². The zero-order chi connectivity index (χ0) is 8.55. The van der Waals surface area contributed by atoms with Gasteiger partial charge in [-0.3, -0.25) is 4.79 Å². The summed E-state index contributed by atoms with van der Waals surface area (Å²) < 4.78 is 5.48. The van der Waals surface area contributed by atoms with Crippen molar-refractivity contribution < 1.29 is 30.0 Å². The summed E-state index contributed by atoms with van der Waals surface area (Å²) in [6.07, 6.45) is 0.518.